The van der Waals surface area contributed by atoms with Crippen LogP contribution in [-0.4, -0.2) is 16.3 Å². The molecule has 0 amide bonds. The summed E-state index contributed by atoms with van der Waals surface area (Å²) in [6.45, 7) is 5.50. The van der Waals surface area contributed by atoms with E-state index in [1.165, 1.54) is 5.69 Å². The molecule has 1 aromatic rings. The molecule has 2 N–H and O–H groups in total. The van der Waals surface area contributed by atoms with Crippen LogP contribution in [-0.2, 0) is 6.54 Å². The van der Waals surface area contributed by atoms with Crippen LogP contribution in [0.25, 0.3) is 0 Å². The Hall–Kier alpha value is -0.830. The summed E-state index contributed by atoms with van der Waals surface area (Å²) in [7, 11) is 0. The van der Waals surface area contributed by atoms with Gasteiger partial charge in [0, 0.05) is 13.7 Å². The van der Waals surface area contributed by atoms with Gasteiger partial charge in [0.05, 0.1) is 12.2 Å². The molecule has 0 aliphatic carbocycles. The van der Waals surface area contributed by atoms with Crippen molar-refractivity contribution < 1.29 is 1.43 Å². The molecule has 0 aromatic carbocycles. The van der Waals surface area contributed by atoms with Gasteiger partial charge in [0.2, 0.25) is 0 Å². The second-order valence-corrected chi connectivity index (χ2v) is 2.44. The summed E-state index contributed by atoms with van der Waals surface area (Å²) in [5.74, 6) is 0. The first-order valence-corrected chi connectivity index (χ1v) is 3.45. The first-order valence-electron chi connectivity index (χ1n) is 3.45. The maximum absolute atomic E-state index is 5.38. The van der Waals surface area contributed by atoms with Crippen molar-refractivity contribution in [3.8, 4) is 0 Å². The summed E-state index contributed by atoms with van der Waals surface area (Å²) in [5.41, 5.74) is 7.62. The van der Waals surface area contributed by atoms with Gasteiger partial charge < -0.3 is 5.73 Å². The monoisotopic (exact) mass is 141 g/mol. The molecule has 0 unspecified atom stereocenters. The number of nitrogens with two attached hydrogens (primary N) is 1. The first-order chi connectivity index (χ1) is 4.74. The molecule has 3 heteroatoms. The lowest BCUT2D eigenvalue weighted by molar-refractivity contribution is 0.604. The second-order valence-electron chi connectivity index (χ2n) is 2.44. The molecular weight excluding hydrogens is 126 g/mol. The normalized spacial score (nSPS) is 10.3. The van der Waals surface area contributed by atoms with Crippen LogP contribution in [0.3, 0.4) is 0 Å². The van der Waals surface area contributed by atoms with Gasteiger partial charge in [-0.05, 0) is 19.9 Å². The van der Waals surface area contributed by atoms with E-state index in [9.17, 15) is 0 Å². The Labute approximate surface area is 62.3 Å². The van der Waals surface area contributed by atoms with E-state index in [0.717, 1.165) is 12.2 Å². The van der Waals surface area contributed by atoms with Gasteiger partial charge in [0.1, 0.15) is 0 Å². The van der Waals surface area contributed by atoms with Crippen molar-refractivity contribution in [1.82, 2.24) is 9.78 Å². The summed E-state index contributed by atoms with van der Waals surface area (Å²) in [6, 6.07) is 2.05. The number of rotatable bonds is 2. The van der Waals surface area contributed by atoms with Gasteiger partial charge in [0.15, 0.2) is 0 Å². The van der Waals surface area contributed by atoms with Gasteiger partial charge in [-0.15, -0.1) is 0 Å². The van der Waals surface area contributed by atoms with Crippen LogP contribution in [0.1, 0.15) is 12.8 Å². The van der Waals surface area contributed by atoms with E-state index in [1.807, 2.05) is 18.5 Å². The molecule has 1 aromatic heterocycles. The Morgan fingerprint density at radius 3 is 2.80 bits per heavy atom. The zero-order valence-electron chi connectivity index (χ0n) is 6.46. The van der Waals surface area contributed by atoms with E-state index in [-0.39, 0.29) is 1.43 Å². The van der Waals surface area contributed by atoms with Crippen LogP contribution in [0.4, 0.5) is 0 Å². The molecule has 0 bridgehead atoms. The average Bonchev–Trinajstić information content (AvgIpc) is 2.13. The maximum Gasteiger partial charge on any atom is 0.0596 e. The summed E-state index contributed by atoms with van der Waals surface area (Å²) < 4.78 is 1.93. The molecule has 0 atom stereocenters. The van der Waals surface area contributed by atoms with E-state index in [1.54, 1.807) is 0 Å². The van der Waals surface area contributed by atoms with Crippen molar-refractivity contribution in [3.63, 3.8) is 0 Å². The van der Waals surface area contributed by atoms with Gasteiger partial charge in [-0.1, -0.05) is 0 Å². The number of hydrogen-bond donors (Lipinski definition) is 1. The fraction of sp³-hybridized carbons (Fsp3) is 0.571. The van der Waals surface area contributed by atoms with Gasteiger partial charge in [-0.25, -0.2) is 0 Å². The lowest BCUT2D eigenvalue weighted by Crippen LogP contribution is -2.12. The highest BCUT2D eigenvalue weighted by Crippen LogP contribution is 1.99. The summed E-state index contributed by atoms with van der Waals surface area (Å²) in [4.78, 5) is 0. The Morgan fingerprint density at radius 2 is 2.40 bits per heavy atom. The van der Waals surface area contributed by atoms with E-state index in [4.69, 9.17) is 5.73 Å². The molecule has 0 radical (unpaired) electrons. The molecule has 0 saturated carbocycles. The van der Waals surface area contributed by atoms with Crippen molar-refractivity contribution in [2.75, 3.05) is 6.54 Å². The van der Waals surface area contributed by atoms with E-state index < -0.39 is 0 Å². The Morgan fingerprint density at radius 1 is 1.70 bits per heavy atom. The van der Waals surface area contributed by atoms with Crippen molar-refractivity contribution in [3.05, 3.63) is 17.5 Å². The number of aryl methyl sites for hydroxylation is 2. The largest absolute Gasteiger partial charge is 0.329 e. The number of aromatic nitrogens is 2. The maximum atomic E-state index is 5.38. The Kier molecular flexibility index (Phi) is 2.06. The standard InChI is InChI=1S/C7H13N3.H2/c1-6-5-7(2)10(9-6)4-3-8;/h5H,3-4,8H2,1-2H3;1H. The average molecular weight is 141 g/mol. The zero-order valence-corrected chi connectivity index (χ0v) is 6.46. The number of hydrogen-bond acceptors (Lipinski definition) is 2. The van der Waals surface area contributed by atoms with Crippen molar-refractivity contribution in [2.24, 2.45) is 5.73 Å². The molecule has 0 saturated heterocycles. The third kappa shape index (κ3) is 1.36. The number of nitrogens with zero attached hydrogens (tertiary/aromatic N) is 2. The van der Waals surface area contributed by atoms with Crippen molar-refractivity contribution >= 4 is 0 Å². The molecule has 0 spiro atoms. The lowest BCUT2D eigenvalue weighted by atomic mass is 10.4. The Balaban J connectivity index is 0.000001000. The minimum Gasteiger partial charge on any atom is -0.329 e. The third-order valence-electron chi connectivity index (χ3n) is 1.44. The smallest absolute Gasteiger partial charge is 0.0596 e. The molecular formula is C7H15N3. The van der Waals surface area contributed by atoms with Gasteiger partial charge in [0.25, 0.3) is 0 Å². The topological polar surface area (TPSA) is 43.8 Å². The minimum absolute atomic E-state index is 0. The minimum atomic E-state index is 0. The lowest BCUT2D eigenvalue weighted by Gasteiger charge is -1.98. The SMILES string of the molecule is Cc1cc(C)n(CCN)n1.[HH]. The van der Waals surface area contributed by atoms with Crippen LogP contribution < -0.4 is 5.73 Å². The van der Waals surface area contributed by atoms with Crippen LogP contribution in [0.5, 0.6) is 0 Å². The van der Waals surface area contributed by atoms with Crippen molar-refractivity contribution in [2.45, 2.75) is 20.4 Å². The molecule has 0 aliphatic heterocycles. The highest BCUT2D eigenvalue weighted by Gasteiger charge is 1.97. The van der Waals surface area contributed by atoms with Crippen LogP contribution in [0.15, 0.2) is 6.07 Å². The summed E-state index contributed by atoms with van der Waals surface area (Å²) in [6.07, 6.45) is 0. The van der Waals surface area contributed by atoms with Gasteiger partial charge in [-0.2, -0.15) is 5.10 Å². The van der Waals surface area contributed by atoms with E-state index in [0.29, 0.717) is 6.54 Å². The van der Waals surface area contributed by atoms with Crippen LogP contribution in [0, 0.1) is 13.8 Å². The van der Waals surface area contributed by atoms with Gasteiger partial charge in [-0.3, -0.25) is 4.68 Å². The zero-order chi connectivity index (χ0) is 7.56. The predicted molar refractivity (Wildman–Crippen MR) is 42.9 cm³/mol. The van der Waals surface area contributed by atoms with Crippen molar-refractivity contribution in [1.29, 1.82) is 0 Å². The Bertz CT molecular complexity index is 219. The highest BCUT2D eigenvalue weighted by molar-refractivity contribution is 5.06. The fourth-order valence-electron chi connectivity index (χ4n) is 1.02. The molecule has 10 heavy (non-hydrogen) atoms. The van der Waals surface area contributed by atoms with E-state index in [2.05, 4.69) is 11.2 Å². The molecule has 0 fully saturated rings. The molecule has 0 aliphatic rings. The quantitative estimate of drug-likeness (QED) is 0.659. The van der Waals surface area contributed by atoms with Crippen LogP contribution >= 0.6 is 0 Å². The molecule has 3 nitrogen and oxygen atoms in total. The first kappa shape index (κ1) is 7.28. The summed E-state index contributed by atoms with van der Waals surface area (Å²) >= 11 is 0. The molecule has 1 rings (SSSR count). The fourth-order valence-corrected chi connectivity index (χ4v) is 1.02. The highest BCUT2D eigenvalue weighted by atomic mass is 15.3. The van der Waals surface area contributed by atoms with Crippen LogP contribution in [0.2, 0.25) is 0 Å². The van der Waals surface area contributed by atoms with Gasteiger partial charge >= 0.3 is 0 Å². The van der Waals surface area contributed by atoms with E-state index >= 15 is 0 Å². The summed E-state index contributed by atoms with van der Waals surface area (Å²) in [5, 5.41) is 4.24. The molecule has 58 valence electrons. The predicted octanol–water partition coefficient (Wildman–Crippen LogP) is 0.705. The molecule has 1 heterocycles. The third-order valence-corrected chi connectivity index (χ3v) is 1.44. The second kappa shape index (κ2) is 2.84.